The van der Waals surface area contributed by atoms with Gasteiger partial charge in [0.1, 0.15) is 0 Å². The van der Waals surface area contributed by atoms with Crippen LogP contribution in [0.3, 0.4) is 0 Å². The van der Waals surface area contributed by atoms with E-state index in [1.807, 2.05) is 63.7 Å². The molecule has 1 aromatic heterocycles. The van der Waals surface area contributed by atoms with Crippen LogP contribution >= 0.6 is 0 Å². The normalized spacial score (nSPS) is 12.8. The van der Waals surface area contributed by atoms with E-state index in [-0.39, 0.29) is 17.8 Å². The van der Waals surface area contributed by atoms with Gasteiger partial charge in [-0.25, -0.2) is 4.79 Å². The number of carbonyl (C=O) groups is 2. The average Bonchev–Trinajstić information content (AvgIpc) is 3.54. The summed E-state index contributed by atoms with van der Waals surface area (Å²) >= 11 is 0. The third-order valence-electron chi connectivity index (χ3n) is 6.17. The van der Waals surface area contributed by atoms with E-state index in [0.29, 0.717) is 12.2 Å². The maximum atomic E-state index is 12.8. The number of rotatable bonds is 9. The van der Waals surface area contributed by atoms with Gasteiger partial charge in [-0.15, -0.1) is 9.78 Å². The second-order valence-electron chi connectivity index (χ2n) is 9.25. The summed E-state index contributed by atoms with van der Waals surface area (Å²) in [6, 6.07) is 14.7. The molecule has 0 atom stereocenters. The number of nitrogen functional groups attached to an aromatic ring is 1. The van der Waals surface area contributed by atoms with Crippen LogP contribution < -0.4 is 21.3 Å². The molecule has 0 spiro atoms. The molecule has 3 aromatic rings. The van der Waals surface area contributed by atoms with Gasteiger partial charge in [0.15, 0.2) is 0 Å². The summed E-state index contributed by atoms with van der Waals surface area (Å²) < 4.78 is 1.01. The first-order valence-corrected chi connectivity index (χ1v) is 12.2. The van der Waals surface area contributed by atoms with E-state index < -0.39 is 6.03 Å². The van der Waals surface area contributed by atoms with Crippen molar-refractivity contribution in [3.8, 4) is 0 Å². The Balaban J connectivity index is 1.36. The predicted octanol–water partition coefficient (Wildman–Crippen LogP) is 3.44. The first kappa shape index (κ1) is 26.4. The minimum Gasteiger partial charge on any atom is -0.373 e. The summed E-state index contributed by atoms with van der Waals surface area (Å²) in [6.45, 7) is 6.02. The molecule has 0 saturated heterocycles. The van der Waals surface area contributed by atoms with Crippen molar-refractivity contribution < 1.29 is 9.59 Å². The van der Waals surface area contributed by atoms with Gasteiger partial charge in [-0.05, 0) is 74.1 Å². The van der Waals surface area contributed by atoms with Gasteiger partial charge in [-0.2, -0.15) is 4.98 Å². The van der Waals surface area contributed by atoms with Crippen LogP contribution in [0.25, 0.3) is 5.57 Å². The van der Waals surface area contributed by atoms with Crippen molar-refractivity contribution in [2.24, 2.45) is 0 Å². The molecular formula is C27H33N9O2. The second-order valence-corrected chi connectivity index (χ2v) is 9.25. The molecule has 4 N–H and O–H groups in total. The SMILES string of the molecule is C=CC(=O)N1C=C(c2ccc(NC(=O)n3nc(Nc4ccc(N(C)CCN(C)C)cc4)nc3N)cc2)CC1. The van der Waals surface area contributed by atoms with Crippen molar-refractivity contribution in [1.82, 2.24) is 24.6 Å². The molecule has 11 nitrogen and oxygen atoms in total. The first-order valence-electron chi connectivity index (χ1n) is 12.2. The fourth-order valence-corrected chi connectivity index (χ4v) is 3.95. The van der Waals surface area contributed by atoms with E-state index >= 15 is 0 Å². The van der Waals surface area contributed by atoms with Crippen LogP contribution in [0.1, 0.15) is 12.0 Å². The first-order chi connectivity index (χ1) is 18.2. The predicted molar refractivity (Wildman–Crippen MR) is 151 cm³/mol. The molecule has 198 valence electrons. The minimum atomic E-state index is -0.531. The average molecular weight is 516 g/mol. The van der Waals surface area contributed by atoms with Crippen LogP contribution in [-0.2, 0) is 4.79 Å². The third kappa shape index (κ3) is 6.37. The topological polar surface area (TPSA) is 125 Å². The lowest BCUT2D eigenvalue weighted by molar-refractivity contribution is -0.123. The fourth-order valence-electron chi connectivity index (χ4n) is 3.95. The number of amides is 2. The Morgan fingerprint density at radius 2 is 1.74 bits per heavy atom. The molecule has 0 aliphatic carbocycles. The number of likely N-dealkylation sites (N-methyl/N-ethyl adjacent to an activating group) is 2. The van der Waals surface area contributed by atoms with Crippen molar-refractivity contribution in [3.63, 3.8) is 0 Å². The number of benzene rings is 2. The maximum absolute atomic E-state index is 12.8. The number of nitrogens with zero attached hydrogens (tertiary/aromatic N) is 6. The lowest BCUT2D eigenvalue weighted by Crippen LogP contribution is -2.28. The largest absolute Gasteiger partial charge is 0.373 e. The Labute approximate surface area is 222 Å². The summed E-state index contributed by atoms with van der Waals surface area (Å²) in [5.74, 6) is 0.0571. The summed E-state index contributed by atoms with van der Waals surface area (Å²) in [6.07, 6.45) is 3.89. The number of nitrogens with one attached hydrogen (secondary N) is 2. The van der Waals surface area contributed by atoms with E-state index in [2.05, 4.69) is 37.1 Å². The molecular weight excluding hydrogens is 482 g/mol. The van der Waals surface area contributed by atoms with Crippen molar-refractivity contribution >= 4 is 46.5 Å². The van der Waals surface area contributed by atoms with Gasteiger partial charge in [0.25, 0.3) is 0 Å². The Morgan fingerprint density at radius 1 is 1.05 bits per heavy atom. The molecule has 0 radical (unpaired) electrons. The Kier molecular flexibility index (Phi) is 8.07. The monoisotopic (exact) mass is 515 g/mol. The summed E-state index contributed by atoms with van der Waals surface area (Å²) in [7, 11) is 6.15. The molecule has 0 unspecified atom stereocenters. The summed E-state index contributed by atoms with van der Waals surface area (Å²) in [5.41, 5.74) is 10.4. The van der Waals surface area contributed by atoms with E-state index in [4.69, 9.17) is 5.73 Å². The number of carbonyl (C=O) groups excluding carboxylic acids is 2. The summed E-state index contributed by atoms with van der Waals surface area (Å²) in [4.78, 5) is 34.7. The van der Waals surface area contributed by atoms with E-state index in [1.54, 1.807) is 17.0 Å². The highest BCUT2D eigenvalue weighted by molar-refractivity contribution is 5.92. The number of hydrogen-bond acceptors (Lipinski definition) is 8. The van der Waals surface area contributed by atoms with Gasteiger partial charge < -0.3 is 31.1 Å². The Morgan fingerprint density at radius 3 is 2.39 bits per heavy atom. The van der Waals surface area contributed by atoms with Gasteiger partial charge in [0, 0.05) is 49.9 Å². The van der Waals surface area contributed by atoms with Gasteiger partial charge in [-0.3, -0.25) is 4.79 Å². The highest BCUT2D eigenvalue weighted by Gasteiger charge is 2.18. The number of aromatic nitrogens is 3. The van der Waals surface area contributed by atoms with Crippen LogP contribution in [-0.4, -0.2) is 77.3 Å². The second kappa shape index (κ2) is 11.6. The van der Waals surface area contributed by atoms with Crippen molar-refractivity contribution in [1.29, 1.82) is 0 Å². The van der Waals surface area contributed by atoms with E-state index in [1.165, 1.54) is 6.08 Å². The van der Waals surface area contributed by atoms with Crippen LogP contribution in [0.4, 0.5) is 33.8 Å². The fraction of sp³-hybridized carbons (Fsp3) is 0.259. The standard InChI is InChI=1S/C27H33N9O2/c1-5-24(37)35-15-14-20(18-35)19-6-8-22(9-7-19)30-27(38)36-25(28)31-26(32-36)29-21-10-12-23(13-11-21)34(4)17-16-33(2)3/h5-13,18H,1,14-17H2,2-4H3,(H,30,38)(H3,28,29,31,32). The molecule has 1 aliphatic heterocycles. The van der Waals surface area contributed by atoms with Crippen molar-refractivity contribution in [2.75, 3.05) is 62.0 Å². The van der Waals surface area contributed by atoms with Crippen LogP contribution in [0.5, 0.6) is 0 Å². The van der Waals surface area contributed by atoms with E-state index in [0.717, 1.165) is 46.7 Å². The maximum Gasteiger partial charge on any atom is 0.349 e. The zero-order valence-corrected chi connectivity index (χ0v) is 21.9. The lowest BCUT2D eigenvalue weighted by atomic mass is 10.1. The van der Waals surface area contributed by atoms with Gasteiger partial charge in [0.05, 0.1) is 0 Å². The molecule has 0 fully saturated rings. The van der Waals surface area contributed by atoms with E-state index in [9.17, 15) is 9.59 Å². The smallest absolute Gasteiger partial charge is 0.349 e. The van der Waals surface area contributed by atoms with Crippen molar-refractivity contribution in [2.45, 2.75) is 6.42 Å². The van der Waals surface area contributed by atoms with Gasteiger partial charge in [-0.1, -0.05) is 18.7 Å². The van der Waals surface area contributed by atoms with Crippen LogP contribution in [0.15, 0.2) is 67.4 Å². The quantitative estimate of drug-likeness (QED) is 0.370. The number of hydrogen-bond donors (Lipinski definition) is 3. The van der Waals surface area contributed by atoms with Gasteiger partial charge >= 0.3 is 6.03 Å². The minimum absolute atomic E-state index is 0.0373. The molecule has 0 bridgehead atoms. The highest BCUT2D eigenvalue weighted by atomic mass is 16.2. The molecule has 2 aromatic carbocycles. The molecule has 2 heterocycles. The third-order valence-corrected chi connectivity index (χ3v) is 6.17. The lowest BCUT2D eigenvalue weighted by Gasteiger charge is -2.21. The number of anilines is 5. The Hall–Kier alpha value is -4.64. The molecule has 2 amide bonds. The highest BCUT2D eigenvalue weighted by Crippen LogP contribution is 2.26. The summed E-state index contributed by atoms with van der Waals surface area (Å²) in [5, 5.41) is 10.1. The molecule has 4 rings (SSSR count). The molecule has 0 saturated carbocycles. The van der Waals surface area contributed by atoms with Gasteiger partial charge in [0.2, 0.25) is 17.8 Å². The molecule has 38 heavy (non-hydrogen) atoms. The molecule has 11 heteroatoms. The zero-order chi connectivity index (χ0) is 27.2. The van der Waals surface area contributed by atoms with Crippen LogP contribution in [0, 0.1) is 0 Å². The number of nitrogens with two attached hydrogens (primary N) is 1. The Bertz CT molecular complexity index is 1330. The van der Waals surface area contributed by atoms with Crippen LogP contribution in [0.2, 0.25) is 0 Å². The zero-order valence-electron chi connectivity index (χ0n) is 21.9. The molecule has 1 aliphatic rings. The van der Waals surface area contributed by atoms with Crippen molar-refractivity contribution in [3.05, 3.63) is 72.9 Å².